The molecule has 4 aromatic heterocycles. The molecule has 0 spiro atoms. The number of aromatic nitrogens is 6. The molecule has 72 heavy (non-hydrogen) atoms. The van der Waals surface area contributed by atoms with Crippen molar-refractivity contribution in [2.24, 2.45) is 0 Å². The summed E-state index contributed by atoms with van der Waals surface area (Å²) in [4.78, 5) is 16.6. The predicted molar refractivity (Wildman–Crippen MR) is 297 cm³/mol. The van der Waals surface area contributed by atoms with Crippen LogP contribution in [-0.4, -0.2) is 41.9 Å². The molecular weight excluding hydrogens is 939 g/mol. The monoisotopic (exact) mass is 981 g/mol. The minimum atomic E-state index is -3.66. The molecule has 8 heteroatoms. The third-order valence-electron chi connectivity index (χ3n) is 14.5. The average Bonchev–Trinajstić information content (AvgIpc) is 4.09. The first-order valence-electron chi connectivity index (χ1n) is 24.2. The maximum atomic E-state index is 9.97. The summed E-state index contributed by atoms with van der Waals surface area (Å²) < 4.78 is 12.1. The second-order valence-electron chi connectivity index (χ2n) is 18.3. The summed E-state index contributed by atoms with van der Waals surface area (Å²) in [6.07, 6.45) is 0. The van der Waals surface area contributed by atoms with E-state index in [1.54, 1.807) is 0 Å². The minimum absolute atomic E-state index is 0.508. The van der Waals surface area contributed by atoms with E-state index in [-0.39, 0.29) is 0 Å². The Morgan fingerprint density at radius 1 is 0.319 bits per heavy atom. The van der Waals surface area contributed by atoms with E-state index in [9.17, 15) is 5.26 Å². The molecule has 0 bridgehead atoms. The van der Waals surface area contributed by atoms with Crippen LogP contribution in [0, 0.1) is 11.3 Å². The summed E-state index contributed by atoms with van der Waals surface area (Å²) in [5.41, 5.74) is 8.38. The summed E-state index contributed by atoms with van der Waals surface area (Å²) in [5.74, 6) is 1.55. The Hall–Kier alpha value is -9.36. The Morgan fingerprint density at radius 2 is 0.708 bits per heavy atom. The first kappa shape index (κ1) is 41.6. The molecular formula is C64H41GeN7. The summed E-state index contributed by atoms with van der Waals surface area (Å²) in [5, 5.41) is 16.5. The van der Waals surface area contributed by atoms with Crippen LogP contribution in [0.2, 0.25) is 0 Å². The van der Waals surface area contributed by atoms with Crippen LogP contribution in [0.5, 0.6) is 0 Å². The van der Waals surface area contributed by atoms with Crippen LogP contribution >= 0.6 is 0 Å². The zero-order chi connectivity index (χ0) is 47.8. The third-order valence-corrected chi connectivity index (χ3v) is 24.5. The second-order valence-corrected chi connectivity index (χ2v) is 26.3. The van der Waals surface area contributed by atoms with Crippen molar-refractivity contribution >= 4 is 96.3 Å². The average molecular weight is 981 g/mol. The molecule has 0 aliphatic rings. The Bertz CT molecular complexity index is 4320. The fraction of sp³-hybridized carbons (Fsp3) is 0. The van der Waals surface area contributed by atoms with Gasteiger partial charge in [0.25, 0.3) is 0 Å². The number of fused-ring (bicyclic) bond motifs is 9. The molecule has 7 nitrogen and oxygen atoms in total. The molecule has 14 aromatic rings. The zero-order valence-electron chi connectivity index (χ0n) is 38.8. The van der Waals surface area contributed by atoms with Crippen LogP contribution in [0.4, 0.5) is 0 Å². The maximum absolute atomic E-state index is 9.97. The van der Waals surface area contributed by atoms with Gasteiger partial charge in [0.2, 0.25) is 0 Å². The molecule has 0 fully saturated rings. The molecule has 0 atom stereocenters. The molecule has 336 valence electrons. The fourth-order valence-electron chi connectivity index (χ4n) is 11.5. The van der Waals surface area contributed by atoms with Crippen LogP contribution in [0.15, 0.2) is 249 Å². The predicted octanol–water partition coefficient (Wildman–Crippen LogP) is 12.1. The van der Waals surface area contributed by atoms with Gasteiger partial charge in [0.15, 0.2) is 0 Å². The summed E-state index contributed by atoms with van der Waals surface area (Å²) in [7, 11) is 0. The molecule has 0 radical (unpaired) electrons. The van der Waals surface area contributed by atoms with Crippen LogP contribution in [-0.2, 0) is 0 Å². The number of para-hydroxylation sites is 5. The topological polar surface area (TPSA) is 77.2 Å². The Morgan fingerprint density at radius 3 is 1.22 bits per heavy atom. The van der Waals surface area contributed by atoms with Gasteiger partial charge in [-0.15, -0.1) is 0 Å². The van der Waals surface area contributed by atoms with Gasteiger partial charge in [-0.2, -0.15) is 5.26 Å². The molecule has 0 amide bonds. The van der Waals surface area contributed by atoms with E-state index in [0.29, 0.717) is 23.3 Å². The molecule has 0 aliphatic carbocycles. The van der Waals surface area contributed by atoms with Gasteiger partial charge >= 0.3 is 337 Å². The molecule has 0 unspecified atom stereocenters. The fourth-order valence-corrected chi connectivity index (χ4v) is 21.5. The Balaban J connectivity index is 1.07. The van der Waals surface area contributed by atoms with E-state index in [4.69, 9.17) is 15.0 Å². The SMILES string of the molecule is N#Cc1ccc2c(c1)c1ccccc1n2-c1ccccc1-c1nc(-n2c3ccccc3c3ccccc32)nc(-n2c3ccccc3c3c[c]([Ge]([c]4ccccc4)([c]4ccccc4)[c]4ccccc4)ccc32)n1. The summed E-state index contributed by atoms with van der Waals surface area (Å²) >= 11 is -3.66. The molecule has 0 saturated carbocycles. The molecule has 0 saturated heterocycles. The van der Waals surface area contributed by atoms with Crippen molar-refractivity contribution in [3.8, 4) is 35.0 Å². The van der Waals surface area contributed by atoms with Crippen LogP contribution in [0.25, 0.3) is 94.4 Å². The normalized spacial score (nSPS) is 11.9. The molecule has 4 heterocycles. The van der Waals surface area contributed by atoms with Crippen LogP contribution < -0.4 is 17.6 Å². The Kier molecular flexibility index (Phi) is 9.63. The van der Waals surface area contributed by atoms with Crippen molar-refractivity contribution in [1.29, 1.82) is 5.26 Å². The number of nitriles is 1. The number of rotatable bonds is 8. The number of benzene rings is 10. The third kappa shape index (κ3) is 6.26. The van der Waals surface area contributed by atoms with Crippen molar-refractivity contribution in [3.05, 3.63) is 254 Å². The number of hydrogen-bond acceptors (Lipinski definition) is 4. The van der Waals surface area contributed by atoms with Gasteiger partial charge in [0, 0.05) is 10.8 Å². The van der Waals surface area contributed by atoms with Crippen molar-refractivity contribution in [1.82, 2.24) is 28.7 Å². The van der Waals surface area contributed by atoms with E-state index in [2.05, 4.69) is 250 Å². The molecule has 14 rings (SSSR count). The molecule has 0 aliphatic heterocycles. The van der Waals surface area contributed by atoms with Crippen molar-refractivity contribution in [2.75, 3.05) is 0 Å². The van der Waals surface area contributed by atoms with Gasteiger partial charge in [-0.1, -0.05) is 30.3 Å². The van der Waals surface area contributed by atoms with Gasteiger partial charge in [-0.3, -0.25) is 0 Å². The molecule has 10 aromatic carbocycles. The second kappa shape index (κ2) is 16.7. The van der Waals surface area contributed by atoms with Crippen molar-refractivity contribution in [2.45, 2.75) is 0 Å². The van der Waals surface area contributed by atoms with Gasteiger partial charge in [0.1, 0.15) is 0 Å². The van der Waals surface area contributed by atoms with Gasteiger partial charge in [-0.25, -0.2) is 0 Å². The van der Waals surface area contributed by atoms with E-state index in [1.165, 1.54) is 17.6 Å². The number of nitrogens with zero attached hydrogens (tertiary/aromatic N) is 7. The van der Waals surface area contributed by atoms with E-state index >= 15 is 0 Å². The van der Waals surface area contributed by atoms with Gasteiger partial charge in [-0.05, 0) is 24.3 Å². The summed E-state index contributed by atoms with van der Waals surface area (Å²) in [6.45, 7) is 0. The first-order chi connectivity index (χ1) is 35.7. The van der Waals surface area contributed by atoms with Gasteiger partial charge in [0.05, 0.1) is 11.6 Å². The van der Waals surface area contributed by atoms with Crippen LogP contribution in [0.1, 0.15) is 5.56 Å². The first-order valence-corrected chi connectivity index (χ1v) is 28.4. The van der Waals surface area contributed by atoms with Crippen LogP contribution in [0.3, 0.4) is 0 Å². The van der Waals surface area contributed by atoms with Gasteiger partial charge < -0.3 is 0 Å². The summed E-state index contributed by atoms with van der Waals surface area (Å²) in [6, 6.07) is 91.2. The standard InChI is InChI=1S/C64H41GeN7/c66-42-43-36-38-60-53(40-43)50-28-12-15-31-55(50)70(60)59-35-19-14-30-52(59)62-67-63(71-56-32-16-10-26-48(56)49-27-11-17-33-57(49)71)69-64(68-62)72-58-34-18-13-29-51(58)54-41-47(37-39-61(54)72)65(44-20-4-1-5-21-44,45-22-6-2-7-23-45)46-24-8-3-9-25-46/h1-41H. The van der Waals surface area contributed by atoms with E-state index in [1.807, 2.05) is 18.2 Å². The number of hydrogen-bond donors (Lipinski definition) is 0. The van der Waals surface area contributed by atoms with E-state index in [0.717, 1.165) is 76.7 Å². The Labute approximate surface area is 417 Å². The quantitative estimate of drug-likeness (QED) is 0.142. The van der Waals surface area contributed by atoms with E-state index < -0.39 is 13.3 Å². The van der Waals surface area contributed by atoms with Crippen molar-refractivity contribution in [3.63, 3.8) is 0 Å². The zero-order valence-corrected chi connectivity index (χ0v) is 40.9. The molecule has 0 N–H and O–H groups in total. The van der Waals surface area contributed by atoms with Crippen molar-refractivity contribution < 1.29 is 0 Å².